The zero-order valence-corrected chi connectivity index (χ0v) is 26.2. The Hall–Kier alpha value is -1.87. The second-order valence-corrected chi connectivity index (χ2v) is 12.2. The van der Waals surface area contributed by atoms with Crippen molar-refractivity contribution in [3.8, 4) is 11.5 Å². The highest BCUT2D eigenvalue weighted by Crippen LogP contribution is 2.32. The van der Waals surface area contributed by atoms with Crippen molar-refractivity contribution >= 4 is 5.91 Å². The van der Waals surface area contributed by atoms with Crippen molar-refractivity contribution in [3.63, 3.8) is 0 Å². The fraction of sp³-hybridized carbons (Fsp3) is 0.781. The molecule has 4 atom stereocenters. The molecule has 1 aliphatic heterocycles. The third kappa shape index (κ3) is 11.2. The molecule has 2 rings (SSSR count). The fourth-order valence-corrected chi connectivity index (χ4v) is 5.57. The number of piperidine rings is 1. The number of ether oxygens (including phenoxy) is 3. The standard InChI is InChI=1S/C32H57N3O5/c1-8-35-14-12-26(13-15-35)34-32(37)27(23(4)5)21-29(36)28(33)20-25(22(2)3)18-24-10-11-30(39-7)31(19-24)40-17-9-16-38-6/h10-11,19,22-23,25-29,36H,8-9,12-18,20-21,33H2,1-7H3,(H,34,37). The number of rotatable bonds is 18. The number of nitrogens with one attached hydrogen (secondary N) is 1. The number of nitrogens with two attached hydrogens (primary N) is 1. The summed E-state index contributed by atoms with van der Waals surface area (Å²) in [6.45, 7) is 15.0. The van der Waals surface area contributed by atoms with E-state index in [1.165, 1.54) is 0 Å². The first-order valence-corrected chi connectivity index (χ1v) is 15.3. The molecule has 8 heteroatoms. The smallest absolute Gasteiger partial charge is 0.223 e. The number of aliphatic hydroxyl groups is 1. The summed E-state index contributed by atoms with van der Waals surface area (Å²) in [6, 6.07) is 5.88. The first-order chi connectivity index (χ1) is 19.1. The average Bonchev–Trinajstić information content (AvgIpc) is 2.93. The molecule has 0 bridgehead atoms. The zero-order valence-electron chi connectivity index (χ0n) is 26.2. The van der Waals surface area contributed by atoms with Crippen molar-refractivity contribution < 1.29 is 24.1 Å². The molecule has 1 fully saturated rings. The molecule has 0 aliphatic carbocycles. The van der Waals surface area contributed by atoms with Crippen LogP contribution in [0.4, 0.5) is 0 Å². The van der Waals surface area contributed by atoms with Crippen molar-refractivity contribution in [1.29, 1.82) is 0 Å². The van der Waals surface area contributed by atoms with Crippen LogP contribution in [0.2, 0.25) is 0 Å². The van der Waals surface area contributed by atoms with Crippen LogP contribution in [0.5, 0.6) is 11.5 Å². The molecule has 1 aromatic carbocycles. The van der Waals surface area contributed by atoms with Gasteiger partial charge >= 0.3 is 0 Å². The second kappa shape index (κ2) is 17.8. The number of aliphatic hydroxyl groups excluding tert-OH is 1. The molecule has 1 heterocycles. The summed E-state index contributed by atoms with van der Waals surface area (Å²) in [5.41, 5.74) is 7.75. The summed E-state index contributed by atoms with van der Waals surface area (Å²) in [4.78, 5) is 15.6. The van der Waals surface area contributed by atoms with Gasteiger partial charge in [-0.25, -0.2) is 0 Å². The Morgan fingerprint density at radius 2 is 1.77 bits per heavy atom. The number of likely N-dealkylation sites (tertiary alicyclic amines) is 1. The molecular weight excluding hydrogens is 506 g/mol. The van der Waals surface area contributed by atoms with Gasteiger partial charge in [0.05, 0.1) is 19.8 Å². The number of carbonyl (C=O) groups is 1. The Bertz CT molecular complexity index is 857. The first-order valence-electron chi connectivity index (χ1n) is 15.3. The van der Waals surface area contributed by atoms with Gasteiger partial charge in [0.15, 0.2) is 11.5 Å². The molecule has 1 amide bonds. The molecule has 0 radical (unpaired) electrons. The molecule has 230 valence electrons. The summed E-state index contributed by atoms with van der Waals surface area (Å²) in [5.74, 6) is 2.01. The minimum atomic E-state index is -0.739. The lowest BCUT2D eigenvalue weighted by atomic mass is 9.80. The molecule has 1 aromatic rings. The van der Waals surface area contributed by atoms with Gasteiger partial charge in [-0.1, -0.05) is 40.7 Å². The van der Waals surface area contributed by atoms with Gasteiger partial charge in [-0.2, -0.15) is 0 Å². The summed E-state index contributed by atoms with van der Waals surface area (Å²) >= 11 is 0. The van der Waals surface area contributed by atoms with E-state index in [2.05, 4.69) is 50.9 Å². The topological polar surface area (TPSA) is 106 Å². The predicted octanol–water partition coefficient (Wildman–Crippen LogP) is 4.27. The largest absolute Gasteiger partial charge is 0.493 e. The quantitative estimate of drug-likeness (QED) is 0.229. The number of methoxy groups -OCH3 is 2. The molecule has 8 nitrogen and oxygen atoms in total. The van der Waals surface area contributed by atoms with E-state index in [1.807, 2.05) is 12.1 Å². The molecule has 0 saturated carbocycles. The van der Waals surface area contributed by atoms with Gasteiger partial charge in [0.25, 0.3) is 0 Å². The number of carbonyl (C=O) groups excluding carboxylic acids is 1. The number of hydrogen-bond acceptors (Lipinski definition) is 7. The van der Waals surface area contributed by atoms with Crippen molar-refractivity contribution in [1.82, 2.24) is 10.2 Å². The molecule has 0 spiro atoms. The summed E-state index contributed by atoms with van der Waals surface area (Å²) < 4.78 is 16.6. The highest BCUT2D eigenvalue weighted by atomic mass is 16.5. The third-order valence-electron chi connectivity index (χ3n) is 8.51. The highest BCUT2D eigenvalue weighted by molar-refractivity contribution is 5.79. The van der Waals surface area contributed by atoms with Crippen LogP contribution >= 0.6 is 0 Å². The Morgan fingerprint density at radius 1 is 1.07 bits per heavy atom. The number of hydrogen-bond donors (Lipinski definition) is 3. The lowest BCUT2D eigenvalue weighted by Crippen LogP contribution is -2.48. The SMILES string of the molecule is CCN1CCC(NC(=O)C(CC(O)C(N)CC(Cc2ccc(OC)c(OCCCOC)c2)C(C)C)C(C)C)CC1. The molecule has 4 unspecified atom stereocenters. The van der Waals surface area contributed by atoms with E-state index in [9.17, 15) is 9.90 Å². The first kappa shape index (κ1) is 34.3. The van der Waals surface area contributed by atoms with Gasteiger partial charge < -0.3 is 35.3 Å². The second-order valence-electron chi connectivity index (χ2n) is 12.2. The van der Waals surface area contributed by atoms with Crippen LogP contribution in [0.1, 0.15) is 72.3 Å². The molecule has 1 saturated heterocycles. The lowest BCUT2D eigenvalue weighted by Gasteiger charge is -2.34. The van der Waals surface area contributed by atoms with E-state index in [-0.39, 0.29) is 29.7 Å². The zero-order chi connectivity index (χ0) is 29.7. The minimum absolute atomic E-state index is 0.0490. The van der Waals surface area contributed by atoms with Gasteiger partial charge in [0.2, 0.25) is 5.91 Å². The van der Waals surface area contributed by atoms with Gasteiger partial charge in [-0.15, -0.1) is 0 Å². The van der Waals surface area contributed by atoms with Crippen molar-refractivity contribution in [3.05, 3.63) is 23.8 Å². The molecule has 4 N–H and O–H groups in total. The van der Waals surface area contributed by atoms with Crippen LogP contribution < -0.4 is 20.5 Å². The van der Waals surface area contributed by atoms with Crippen LogP contribution in [0.25, 0.3) is 0 Å². The Kier molecular flexibility index (Phi) is 15.3. The van der Waals surface area contributed by atoms with Gasteiger partial charge in [-0.3, -0.25) is 4.79 Å². The average molecular weight is 564 g/mol. The van der Waals surface area contributed by atoms with Crippen LogP contribution in [-0.4, -0.2) is 81.2 Å². The van der Waals surface area contributed by atoms with E-state index < -0.39 is 12.1 Å². The van der Waals surface area contributed by atoms with E-state index >= 15 is 0 Å². The van der Waals surface area contributed by atoms with Crippen molar-refractivity contribution in [2.75, 3.05) is 47.1 Å². The number of benzene rings is 1. The molecule has 0 aromatic heterocycles. The summed E-state index contributed by atoms with van der Waals surface area (Å²) in [6.07, 6.45) is 3.90. The predicted molar refractivity (Wildman–Crippen MR) is 162 cm³/mol. The summed E-state index contributed by atoms with van der Waals surface area (Å²) in [7, 11) is 3.33. The van der Waals surface area contributed by atoms with Crippen LogP contribution in [0, 0.1) is 23.7 Å². The Morgan fingerprint density at radius 3 is 2.35 bits per heavy atom. The minimum Gasteiger partial charge on any atom is -0.493 e. The maximum Gasteiger partial charge on any atom is 0.223 e. The molecule has 1 aliphatic rings. The lowest BCUT2D eigenvalue weighted by molar-refractivity contribution is -0.128. The van der Waals surface area contributed by atoms with Gasteiger partial charge in [0.1, 0.15) is 0 Å². The van der Waals surface area contributed by atoms with Crippen LogP contribution in [-0.2, 0) is 16.0 Å². The number of amides is 1. The van der Waals surface area contributed by atoms with E-state index in [0.29, 0.717) is 37.7 Å². The highest BCUT2D eigenvalue weighted by Gasteiger charge is 2.31. The van der Waals surface area contributed by atoms with Crippen LogP contribution in [0.3, 0.4) is 0 Å². The van der Waals surface area contributed by atoms with Crippen molar-refractivity contribution in [2.24, 2.45) is 29.4 Å². The Balaban J connectivity index is 1.98. The monoisotopic (exact) mass is 563 g/mol. The normalized spacial score (nSPS) is 18.0. The summed E-state index contributed by atoms with van der Waals surface area (Å²) in [5, 5.41) is 14.4. The fourth-order valence-electron chi connectivity index (χ4n) is 5.57. The van der Waals surface area contributed by atoms with Crippen LogP contribution in [0.15, 0.2) is 18.2 Å². The van der Waals surface area contributed by atoms with Crippen molar-refractivity contribution in [2.45, 2.75) is 91.3 Å². The van der Waals surface area contributed by atoms with Gasteiger partial charge in [-0.05, 0) is 74.1 Å². The van der Waals surface area contributed by atoms with Gasteiger partial charge in [0, 0.05) is 51.2 Å². The van der Waals surface area contributed by atoms with E-state index in [4.69, 9.17) is 19.9 Å². The van der Waals surface area contributed by atoms with E-state index in [1.54, 1.807) is 14.2 Å². The Labute approximate surface area is 243 Å². The third-order valence-corrected chi connectivity index (χ3v) is 8.51. The number of nitrogens with zero attached hydrogens (tertiary/aromatic N) is 1. The molecule has 40 heavy (non-hydrogen) atoms. The maximum absolute atomic E-state index is 13.2. The maximum atomic E-state index is 13.2. The molecular formula is C32H57N3O5. The van der Waals surface area contributed by atoms with E-state index in [0.717, 1.165) is 56.6 Å².